The predicted molar refractivity (Wildman–Crippen MR) is 84.0 cm³/mol. The Labute approximate surface area is 134 Å². The van der Waals surface area contributed by atoms with Gasteiger partial charge in [-0.3, -0.25) is 9.59 Å². The van der Waals surface area contributed by atoms with Crippen LogP contribution < -0.4 is 15.0 Å². The number of para-hydroxylation sites is 2. The highest BCUT2D eigenvalue weighted by atomic mass is 16.5. The Bertz CT molecular complexity index is 696. The molecule has 0 unspecified atom stereocenters. The van der Waals surface area contributed by atoms with Crippen molar-refractivity contribution in [3.8, 4) is 5.75 Å². The maximum Gasteiger partial charge on any atom is 0.227 e. The zero-order valence-corrected chi connectivity index (χ0v) is 12.8. The third kappa shape index (κ3) is 3.21. The van der Waals surface area contributed by atoms with Gasteiger partial charge in [-0.05, 0) is 24.3 Å². The molecule has 0 saturated carbocycles. The molecule has 2 amide bonds. The first-order chi connectivity index (χ1) is 11.2. The largest absolute Gasteiger partial charge is 0.495 e. The number of nitrogens with one attached hydrogen (secondary N) is 1. The number of furan rings is 1. The number of hydrogen-bond acceptors (Lipinski definition) is 4. The van der Waals surface area contributed by atoms with Crippen LogP contribution in [0, 0.1) is 5.92 Å². The lowest BCUT2D eigenvalue weighted by Gasteiger charge is -2.19. The van der Waals surface area contributed by atoms with Gasteiger partial charge in [0.05, 0.1) is 31.5 Å². The van der Waals surface area contributed by atoms with Crippen LogP contribution in [0.5, 0.6) is 5.75 Å². The van der Waals surface area contributed by atoms with Gasteiger partial charge in [0.25, 0.3) is 0 Å². The average Bonchev–Trinajstić information content (AvgIpc) is 3.22. The van der Waals surface area contributed by atoms with Crippen LogP contribution in [0.4, 0.5) is 5.69 Å². The number of benzene rings is 1. The lowest BCUT2D eigenvalue weighted by atomic mass is 10.1. The number of rotatable bonds is 5. The number of amides is 2. The van der Waals surface area contributed by atoms with Crippen molar-refractivity contribution in [2.75, 3.05) is 18.6 Å². The fraction of sp³-hybridized carbons (Fsp3) is 0.294. The fourth-order valence-electron chi connectivity index (χ4n) is 2.70. The van der Waals surface area contributed by atoms with Gasteiger partial charge in [-0.25, -0.2) is 0 Å². The van der Waals surface area contributed by atoms with E-state index in [9.17, 15) is 9.59 Å². The Kier molecular flexibility index (Phi) is 4.32. The van der Waals surface area contributed by atoms with Gasteiger partial charge in [0.2, 0.25) is 11.8 Å². The van der Waals surface area contributed by atoms with Crippen molar-refractivity contribution < 1.29 is 18.7 Å². The predicted octanol–water partition coefficient (Wildman–Crippen LogP) is 1.96. The van der Waals surface area contributed by atoms with Crippen LogP contribution in [0.1, 0.15) is 12.2 Å². The molecule has 0 bridgehead atoms. The molecule has 1 aliphatic rings. The first kappa shape index (κ1) is 15.1. The number of anilines is 1. The Hall–Kier alpha value is -2.76. The second kappa shape index (κ2) is 6.56. The average molecular weight is 314 g/mol. The second-order valence-corrected chi connectivity index (χ2v) is 5.37. The number of carbonyl (C=O) groups excluding carboxylic acids is 2. The third-order valence-corrected chi connectivity index (χ3v) is 3.89. The minimum Gasteiger partial charge on any atom is -0.495 e. The standard InChI is InChI=1S/C17H18N2O4/c1-22-15-7-3-2-6-14(15)19-11-12(9-16(19)20)17(21)18-10-13-5-4-8-23-13/h2-8,12H,9-11H2,1H3,(H,18,21)/t12-/m1/s1. The normalized spacial score (nSPS) is 17.3. The molecule has 0 radical (unpaired) electrons. The molecule has 1 saturated heterocycles. The van der Waals surface area contributed by atoms with Gasteiger partial charge in [0.15, 0.2) is 0 Å². The number of hydrogen-bond donors (Lipinski definition) is 1. The summed E-state index contributed by atoms with van der Waals surface area (Å²) in [6.45, 7) is 0.675. The van der Waals surface area contributed by atoms with Crippen LogP contribution in [0.2, 0.25) is 0 Å². The zero-order valence-electron chi connectivity index (χ0n) is 12.8. The van der Waals surface area contributed by atoms with Gasteiger partial charge in [0, 0.05) is 13.0 Å². The summed E-state index contributed by atoms with van der Waals surface area (Å²) in [6, 6.07) is 10.9. The lowest BCUT2D eigenvalue weighted by Crippen LogP contribution is -2.32. The molecule has 23 heavy (non-hydrogen) atoms. The van der Waals surface area contributed by atoms with E-state index in [-0.39, 0.29) is 24.2 Å². The highest BCUT2D eigenvalue weighted by Crippen LogP contribution is 2.32. The molecular weight excluding hydrogens is 296 g/mol. The molecule has 1 aromatic carbocycles. The number of methoxy groups -OCH3 is 1. The van der Waals surface area contributed by atoms with Crippen LogP contribution in [0.3, 0.4) is 0 Å². The molecule has 2 aromatic rings. The van der Waals surface area contributed by atoms with Crippen LogP contribution in [0.25, 0.3) is 0 Å². The summed E-state index contributed by atoms with van der Waals surface area (Å²) in [5.41, 5.74) is 0.696. The van der Waals surface area contributed by atoms with Crippen molar-refractivity contribution in [3.63, 3.8) is 0 Å². The molecule has 1 atom stereocenters. The van der Waals surface area contributed by atoms with E-state index in [0.717, 1.165) is 0 Å². The van der Waals surface area contributed by atoms with Crippen molar-refractivity contribution in [2.45, 2.75) is 13.0 Å². The molecule has 0 spiro atoms. The van der Waals surface area contributed by atoms with Crippen LogP contribution >= 0.6 is 0 Å². The van der Waals surface area contributed by atoms with Gasteiger partial charge in [-0.15, -0.1) is 0 Å². The summed E-state index contributed by atoms with van der Waals surface area (Å²) >= 11 is 0. The number of carbonyl (C=O) groups is 2. The third-order valence-electron chi connectivity index (χ3n) is 3.89. The van der Waals surface area contributed by atoms with Gasteiger partial charge in [-0.1, -0.05) is 12.1 Å². The first-order valence-electron chi connectivity index (χ1n) is 7.42. The molecule has 1 N–H and O–H groups in total. The van der Waals surface area contributed by atoms with E-state index in [1.807, 2.05) is 18.2 Å². The van der Waals surface area contributed by atoms with E-state index < -0.39 is 0 Å². The highest BCUT2D eigenvalue weighted by molar-refractivity contribution is 6.01. The minimum absolute atomic E-state index is 0.0763. The Morgan fingerprint density at radius 1 is 1.35 bits per heavy atom. The van der Waals surface area contributed by atoms with Gasteiger partial charge >= 0.3 is 0 Å². The maximum atomic E-state index is 12.3. The Balaban J connectivity index is 1.66. The Morgan fingerprint density at radius 3 is 2.91 bits per heavy atom. The fourth-order valence-corrected chi connectivity index (χ4v) is 2.70. The molecule has 2 heterocycles. The SMILES string of the molecule is COc1ccccc1N1C[C@H](C(=O)NCc2ccco2)CC1=O. The molecule has 0 aliphatic carbocycles. The lowest BCUT2D eigenvalue weighted by molar-refractivity contribution is -0.126. The summed E-state index contributed by atoms with van der Waals surface area (Å²) < 4.78 is 10.5. The van der Waals surface area contributed by atoms with Crippen LogP contribution in [-0.4, -0.2) is 25.5 Å². The topological polar surface area (TPSA) is 71.8 Å². The Morgan fingerprint density at radius 2 is 2.17 bits per heavy atom. The van der Waals surface area contributed by atoms with Gasteiger partial charge < -0.3 is 19.4 Å². The van der Waals surface area contributed by atoms with E-state index in [1.165, 1.54) is 0 Å². The van der Waals surface area contributed by atoms with Crippen molar-refractivity contribution in [1.29, 1.82) is 0 Å². The smallest absolute Gasteiger partial charge is 0.227 e. The van der Waals surface area contributed by atoms with Crippen molar-refractivity contribution in [2.24, 2.45) is 5.92 Å². The molecule has 1 fully saturated rings. The van der Waals surface area contributed by atoms with Crippen molar-refractivity contribution >= 4 is 17.5 Å². The second-order valence-electron chi connectivity index (χ2n) is 5.37. The van der Waals surface area contributed by atoms with Crippen LogP contribution in [0.15, 0.2) is 47.1 Å². The van der Waals surface area contributed by atoms with Crippen molar-refractivity contribution in [1.82, 2.24) is 5.32 Å². The van der Waals surface area contributed by atoms with E-state index in [2.05, 4.69) is 5.32 Å². The monoisotopic (exact) mass is 314 g/mol. The van der Waals surface area contributed by atoms with Crippen LogP contribution in [-0.2, 0) is 16.1 Å². The number of ether oxygens (including phenoxy) is 1. The summed E-state index contributed by atoms with van der Waals surface area (Å²) in [5, 5.41) is 2.81. The van der Waals surface area contributed by atoms with Gasteiger partial charge in [-0.2, -0.15) is 0 Å². The quantitative estimate of drug-likeness (QED) is 0.916. The maximum absolute atomic E-state index is 12.3. The molecule has 6 heteroatoms. The molecule has 1 aromatic heterocycles. The summed E-state index contributed by atoms with van der Waals surface area (Å²) in [6.07, 6.45) is 1.76. The summed E-state index contributed by atoms with van der Waals surface area (Å²) in [5.74, 6) is 0.712. The van der Waals surface area contributed by atoms with Crippen molar-refractivity contribution in [3.05, 3.63) is 48.4 Å². The zero-order chi connectivity index (χ0) is 16.2. The van der Waals surface area contributed by atoms with E-state index >= 15 is 0 Å². The minimum atomic E-state index is -0.373. The first-order valence-corrected chi connectivity index (χ1v) is 7.42. The van der Waals surface area contributed by atoms with Gasteiger partial charge in [0.1, 0.15) is 11.5 Å². The molecule has 6 nitrogen and oxygen atoms in total. The molecule has 3 rings (SSSR count). The number of nitrogens with zero attached hydrogens (tertiary/aromatic N) is 1. The molecule has 1 aliphatic heterocycles. The van der Waals surface area contributed by atoms with E-state index in [0.29, 0.717) is 30.3 Å². The van der Waals surface area contributed by atoms with E-state index in [4.69, 9.17) is 9.15 Å². The summed E-state index contributed by atoms with van der Waals surface area (Å²) in [4.78, 5) is 26.1. The van der Waals surface area contributed by atoms with E-state index in [1.54, 1.807) is 36.5 Å². The summed E-state index contributed by atoms with van der Waals surface area (Å²) in [7, 11) is 1.56. The highest BCUT2D eigenvalue weighted by Gasteiger charge is 2.36. The molecular formula is C17H18N2O4. The molecule has 120 valence electrons.